The highest BCUT2D eigenvalue weighted by molar-refractivity contribution is 7.89. The summed E-state index contributed by atoms with van der Waals surface area (Å²) in [5.41, 5.74) is 0. The highest BCUT2D eigenvalue weighted by atomic mass is 32.2. The van der Waals surface area contributed by atoms with Crippen LogP contribution < -0.4 is 0 Å². The van der Waals surface area contributed by atoms with Crippen LogP contribution in [0.5, 0.6) is 0 Å². The maximum atomic E-state index is 12.7. The number of hydrogen-bond acceptors (Lipinski definition) is 5. The van der Waals surface area contributed by atoms with Crippen LogP contribution in [0.4, 0.5) is 0 Å². The SMILES string of the molecule is COCC1CCN(S(=O)(=O)C2CCCC2C(=O)OC)C1. The Labute approximate surface area is 120 Å². The number of ether oxygens (including phenoxy) is 2. The summed E-state index contributed by atoms with van der Waals surface area (Å²) in [7, 11) is -0.476. The van der Waals surface area contributed by atoms with Gasteiger partial charge in [0.25, 0.3) is 0 Å². The van der Waals surface area contributed by atoms with E-state index in [1.165, 1.54) is 11.4 Å². The molecule has 0 bridgehead atoms. The summed E-state index contributed by atoms with van der Waals surface area (Å²) in [5.74, 6) is -0.650. The summed E-state index contributed by atoms with van der Waals surface area (Å²) < 4.78 is 36.7. The van der Waals surface area contributed by atoms with E-state index in [1.54, 1.807) is 7.11 Å². The minimum atomic E-state index is -3.42. The second kappa shape index (κ2) is 6.41. The van der Waals surface area contributed by atoms with Crippen LogP contribution in [0, 0.1) is 11.8 Å². The predicted octanol–water partition coefficient (Wildman–Crippen LogP) is 0.626. The first-order valence-electron chi connectivity index (χ1n) is 7.06. The Hall–Kier alpha value is -0.660. The van der Waals surface area contributed by atoms with Crippen molar-refractivity contribution in [2.75, 3.05) is 33.9 Å². The lowest BCUT2D eigenvalue weighted by Gasteiger charge is -2.24. The summed E-state index contributed by atoms with van der Waals surface area (Å²) in [6.07, 6.45) is 2.74. The molecule has 2 aliphatic rings. The van der Waals surface area contributed by atoms with Gasteiger partial charge in [0.1, 0.15) is 0 Å². The molecule has 3 atom stereocenters. The fourth-order valence-corrected chi connectivity index (χ4v) is 5.58. The lowest BCUT2D eigenvalue weighted by atomic mass is 10.1. The zero-order valence-corrected chi connectivity index (χ0v) is 12.9. The average Bonchev–Trinajstić information content (AvgIpc) is 3.07. The van der Waals surface area contributed by atoms with E-state index < -0.39 is 27.2 Å². The number of esters is 1. The van der Waals surface area contributed by atoms with Crippen molar-refractivity contribution in [1.82, 2.24) is 4.31 Å². The van der Waals surface area contributed by atoms with Gasteiger partial charge in [0.2, 0.25) is 10.0 Å². The monoisotopic (exact) mass is 305 g/mol. The fraction of sp³-hybridized carbons (Fsp3) is 0.923. The minimum absolute atomic E-state index is 0.257. The molecule has 0 aromatic rings. The Balaban J connectivity index is 2.08. The third kappa shape index (κ3) is 2.99. The Morgan fingerprint density at radius 2 is 2.00 bits per heavy atom. The molecule has 116 valence electrons. The van der Waals surface area contributed by atoms with Crippen molar-refractivity contribution < 1.29 is 22.7 Å². The van der Waals surface area contributed by atoms with Crippen molar-refractivity contribution in [3.63, 3.8) is 0 Å². The van der Waals surface area contributed by atoms with Crippen LogP contribution in [0.15, 0.2) is 0 Å². The molecule has 0 amide bonds. The number of carbonyl (C=O) groups is 1. The number of methoxy groups -OCH3 is 2. The van der Waals surface area contributed by atoms with Crippen LogP contribution in [0.1, 0.15) is 25.7 Å². The molecular weight excluding hydrogens is 282 g/mol. The lowest BCUT2D eigenvalue weighted by molar-refractivity contribution is -0.145. The maximum Gasteiger partial charge on any atom is 0.310 e. The Morgan fingerprint density at radius 1 is 1.25 bits per heavy atom. The topological polar surface area (TPSA) is 72.9 Å². The van der Waals surface area contributed by atoms with E-state index in [-0.39, 0.29) is 5.92 Å². The van der Waals surface area contributed by atoms with E-state index in [9.17, 15) is 13.2 Å². The third-order valence-electron chi connectivity index (χ3n) is 4.35. The van der Waals surface area contributed by atoms with E-state index in [1.807, 2.05) is 0 Å². The molecular formula is C13H23NO5S. The van der Waals surface area contributed by atoms with Crippen molar-refractivity contribution in [2.24, 2.45) is 11.8 Å². The zero-order valence-electron chi connectivity index (χ0n) is 12.1. The molecule has 0 spiro atoms. The van der Waals surface area contributed by atoms with Crippen molar-refractivity contribution in [3.8, 4) is 0 Å². The number of sulfonamides is 1. The number of hydrogen-bond donors (Lipinski definition) is 0. The second-order valence-electron chi connectivity index (χ2n) is 5.61. The Morgan fingerprint density at radius 3 is 2.65 bits per heavy atom. The van der Waals surface area contributed by atoms with Crippen LogP contribution in [0.3, 0.4) is 0 Å². The van der Waals surface area contributed by atoms with E-state index >= 15 is 0 Å². The van der Waals surface area contributed by atoms with Gasteiger partial charge >= 0.3 is 5.97 Å². The van der Waals surface area contributed by atoms with Gasteiger partial charge in [0.05, 0.1) is 24.9 Å². The standard InChI is InChI=1S/C13H23NO5S/c1-18-9-10-6-7-14(8-10)20(16,17)12-5-3-4-11(12)13(15)19-2/h10-12H,3-9H2,1-2H3. The van der Waals surface area contributed by atoms with Crippen LogP contribution in [0.25, 0.3) is 0 Å². The molecule has 1 aliphatic heterocycles. The number of nitrogens with zero attached hydrogens (tertiary/aromatic N) is 1. The molecule has 1 saturated carbocycles. The van der Waals surface area contributed by atoms with Crippen molar-refractivity contribution in [1.29, 1.82) is 0 Å². The molecule has 0 radical (unpaired) electrons. The van der Waals surface area contributed by atoms with Gasteiger partial charge in [-0.15, -0.1) is 0 Å². The van der Waals surface area contributed by atoms with Crippen LogP contribution in [0.2, 0.25) is 0 Å². The summed E-state index contributed by atoms with van der Waals surface area (Å²) >= 11 is 0. The van der Waals surface area contributed by atoms with Crippen LogP contribution in [-0.4, -0.2) is 57.9 Å². The van der Waals surface area contributed by atoms with Gasteiger partial charge in [-0.1, -0.05) is 6.42 Å². The van der Waals surface area contributed by atoms with Crippen molar-refractivity contribution >= 4 is 16.0 Å². The van der Waals surface area contributed by atoms with Gasteiger partial charge in [0, 0.05) is 20.2 Å². The molecule has 2 rings (SSSR count). The van der Waals surface area contributed by atoms with E-state index in [4.69, 9.17) is 9.47 Å². The molecule has 1 aliphatic carbocycles. The highest BCUT2D eigenvalue weighted by Crippen LogP contribution is 2.35. The second-order valence-corrected chi connectivity index (χ2v) is 7.76. The predicted molar refractivity (Wildman–Crippen MR) is 73.6 cm³/mol. The number of carbonyl (C=O) groups excluding carboxylic acids is 1. The summed E-state index contributed by atoms with van der Waals surface area (Å²) in [4.78, 5) is 11.7. The third-order valence-corrected chi connectivity index (χ3v) is 6.73. The molecule has 0 N–H and O–H groups in total. The molecule has 20 heavy (non-hydrogen) atoms. The summed E-state index contributed by atoms with van der Waals surface area (Å²) in [6.45, 7) is 1.61. The summed E-state index contributed by atoms with van der Waals surface area (Å²) in [6, 6.07) is 0. The fourth-order valence-electron chi connectivity index (χ4n) is 3.30. The first kappa shape index (κ1) is 15.7. The lowest BCUT2D eigenvalue weighted by Crippen LogP contribution is -2.41. The van der Waals surface area contributed by atoms with E-state index in [0.717, 1.165) is 12.8 Å². The highest BCUT2D eigenvalue weighted by Gasteiger charge is 2.46. The Bertz CT molecular complexity index is 450. The van der Waals surface area contributed by atoms with Gasteiger partial charge in [-0.25, -0.2) is 12.7 Å². The minimum Gasteiger partial charge on any atom is -0.469 e. The quantitative estimate of drug-likeness (QED) is 0.697. The molecule has 0 aromatic carbocycles. The van der Waals surface area contributed by atoms with E-state index in [0.29, 0.717) is 32.5 Å². The summed E-state index contributed by atoms with van der Waals surface area (Å²) in [5, 5.41) is -0.615. The van der Waals surface area contributed by atoms with Crippen LogP contribution >= 0.6 is 0 Å². The first-order chi connectivity index (χ1) is 9.50. The van der Waals surface area contributed by atoms with Gasteiger partial charge in [-0.2, -0.15) is 0 Å². The molecule has 6 nitrogen and oxygen atoms in total. The van der Waals surface area contributed by atoms with E-state index in [2.05, 4.69) is 0 Å². The van der Waals surface area contributed by atoms with Crippen molar-refractivity contribution in [3.05, 3.63) is 0 Å². The van der Waals surface area contributed by atoms with Gasteiger partial charge < -0.3 is 9.47 Å². The molecule has 0 aromatic heterocycles. The molecule has 7 heteroatoms. The molecule has 1 heterocycles. The maximum absolute atomic E-state index is 12.7. The first-order valence-corrected chi connectivity index (χ1v) is 8.56. The molecule has 1 saturated heterocycles. The number of rotatable bonds is 5. The van der Waals surface area contributed by atoms with Crippen molar-refractivity contribution in [2.45, 2.75) is 30.9 Å². The van der Waals surface area contributed by atoms with Gasteiger partial charge in [-0.05, 0) is 25.2 Å². The smallest absolute Gasteiger partial charge is 0.310 e. The van der Waals surface area contributed by atoms with Gasteiger partial charge in [0.15, 0.2) is 0 Å². The van der Waals surface area contributed by atoms with Crippen LogP contribution in [-0.2, 0) is 24.3 Å². The largest absolute Gasteiger partial charge is 0.469 e. The molecule has 2 fully saturated rings. The zero-order chi connectivity index (χ0) is 14.8. The van der Waals surface area contributed by atoms with Gasteiger partial charge in [-0.3, -0.25) is 4.79 Å². The average molecular weight is 305 g/mol. The molecule has 3 unspecified atom stereocenters. The Kier molecular flexibility index (Phi) is 5.04. The normalized spacial score (nSPS) is 31.6.